The van der Waals surface area contributed by atoms with Crippen molar-refractivity contribution in [3.05, 3.63) is 59.2 Å². The van der Waals surface area contributed by atoms with Gasteiger partial charge in [-0.25, -0.2) is 13.2 Å². The largest absolute Gasteiger partial charge is 0.489 e. The van der Waals surface area contributed by atoms with Crippen molar-refractivity contribution in [2.24, 2.45) is 0 Å². The van der Waals surface area contributed by atoms with Crippen LogP contribution in [0.15, 0.2) is 36.4 Å². The van der Waals surface area contributed by atoms with Crippen molar-refractivity contribution in [2.75, 3.05) is 6.86 Å². The molecule has 0 saturated heterocycles. The highest BCUT2D eigenvalue weighted by Crippen LogP contribution is 2.27. The number of alkyl halides is 1. The molecule has 0 aliphatic carbocycles. The second kappa shape index (κ2) is 7.73. The third-order valence-electron chi connectivity index (χ3n) is 3.14. The predicted octanol–water partition coefficient (Wildman–Crippen LogP) is 4.80. The Labute approximate surface area is 127 Å². The van der Waals surface area contributed by atoms with Crippen molar-refractivity contribution in [1.29, 1.82) is 0 Å². The van der Waals surface area contributed by atoms with Crippen molar-refractivity contribution >= 4 is 0 Å². The van der Waals surface area contributed by atoms with Crippen molar-refractivity contribution in [1.82, 2.24) is 0 Å². The highest BCUT2D eigenvalue weighted by atomic mass is 19.1. The van der Waals surface area contributed by atoms with E-state index >= 15 is 0 Å². The molecule has 0 fully saturated rings. The van der Waals surface area contributed by atoms with Gasteiger partial charge >= 0.3 is 0 Å². The fraction of sp³-hybridized carbons (Fsp3) is 0.294. The Bertz CT molecular complexity index is 589. The average molecular weight is 310 g/mol. The van der Waals surface area contributed by atoms with Gasteiger partial charge in [-0.2, -0.15) is 0 Å². The van der Waals surface area contributed by atoms with Crippen molar-refractivity contribution in [3.63, 3.8) is 0 Å². The Kier molecular flexibility index (Phi) is 5.69. The zero-order valence-corrected chi connectivity index (χ0v) is 12.2. The fourth-order valence-electron chi connectivity index (χ4n) is 2.07. The van der Waals surface area contributed by atoms with Crippen LogP contribution in [0.2, 0.25) is 0 Å². The van der Waals surface area contributed by atoms with E-state index in [1.54, 1.807) is 0 Å². The first-order valence-electron chi connectivity index (χ1n) is 7.02. The van der Waals surface area contributed by atoms with E-state index in [9.17, 15) is 13.2 Å². The third kappa shape index (κ3) is 4.16. The lowest BCUT2D eigenvalue weighted by molar-refractivity contribution is 0.175. The molecule has 0 N–H and O–H groups in total. The maximum absolute atomic E-state index is 13.5. The minimum Gasteiger partial charge on any atom is -0.489 e. The molecular weight excluding hydrogens is 293 g/mol. The molecule has 0 unspecified atom stereocenters. The number of benzene rings is 2. The van der Waals surface area contributed by atoms with Crippen LogP contribution in [0.1, 0.15) is 24.5 Å². The summed E-state index contributed by atoms with van der Waals surface area (Å²) in [7, 11) is 0. The maximum Gasteiger partial charge on any atom is 0.228 e. The molecule has 0 spiro atoms. The molecule has 0 heterocycles. The molecule has 0 aliphatic rings. The molecule has 0 radical (unpaired) electrons. The molecule has 0 saturated carbocycles. The minimum absolute atomic E-state index is 0.0267. The summed E-state index contributed by atoms with van der Waals surface area (Å²) in [4.78, 5) is 0. The van der Waals surface area contributed by atoms with Crippen LogP contribution in [0.25, 0.3) is 0 Å². The van der Waals surface area contributed by atoms with Gasteiger partial charge in [0.05, 0.1) is 0 Å². The highest BCUT2D eigenvalue weighted by Gasteiger charge is 2.13. The number of rotatable bonds is 7. The topological polar surface area (TPSA) is 18.5 Å². The first-order chi connectivity index (χ1) is 10.6. The van der Waals surface area contributed by atoms with Crippen LogP contribution >= 0.6 is 0 Å². The monoisotopic (exact) mass is 310 g/mol. The fourth-order valence-corrected chi connectivity index (χ4v) is 2.07. The summed E-state index contributed by atoms with van der Waals surface area (Å²) in [6.45, 7) is 1.00. The van der Waals surface area contributed by atoms with Gasteiger partial charge in [0, 0.05) is 12.1 Å². The molecule has 2 nitrogen and oxygen atoms in total. The summed E-state index contributed by atoms with van der Waals surface area (Å²) in [6, 6.07) is 9.78. The molecule has 2 aromatic rings. The number of aryl methyl sites for hydroxylation is 1. The Morgan fingerprint density at radius 1 is 0.909 bits per heavy atom. The second-order valence-electron chi connectivity index (χ2n) is 4.82. The molecule has 0 bridgehead atoms. The van der Waals surface area contributed by atoms with Crippen LogP contribution in [-0.2, 0) is 13.0 Å². The smallest absolute Gasteiger partial charge is 0.228 e. The molecule has 2 aromatic carbocycles. The second-order valence-corrected chi connectivity index (χ2v) is 4.82. The van der Waals surface area contributed by atoms with Gasteiger partial charge in [-0.3, -0.25) is 0 Å². The van der Waals surface area contributed by atoms with Gasteiger partial charge in [0.1, 0.15) is 12.4 Å². The van der Waals surface area contributed by atoms with Crippen molar-refractivity contribution in [2.45, 2.75) is 26.4 Å². The van der Waals surface area contributed by atoms with Crippen LogP contribution in [0, 0.1) is 11.6 Å². The Morgan fingerprint density at radius 2 is 1.50 bits per heavy atom. The minimum atomic E-state index is -1.29. The van der Waals surface area contributed by atoms with E-state index in [0.717, 1.165) is 30.5 Å². The summed E-state index contributed by atoms with van der Waals surface area (Å²) in [6.07, 6.45) is 2.08. The normalized spacial score (nSPS) is 10.5. The summed E-state index contributed by atoms with van der Waals surface area (Å²) >= 11 is 0. The zero-order chi connectivity index (χ0) is 15.9. The van der Waals surface area contributed by atoms with Crippen LogP contribution < -0.4 is 9.47 Å². The van der Waals surface area contributed by atoms with E-state index in [1.165, 1.54) is 5.56 Å². The lowest BCUT2D eigenvalue weighted by Gasteiger charge is -2.10. The lowest BCUT2D eigenvalue weighted by atomic mass is 10.1. The molecule has 2 rings (SSSR count). The summed E-state index contributed by atoms with van der Waals surface area (Å²) in [5.74, 6) is -2.70. The molecule has 0 amide bonds. The van der Waals surface area contributed by atoms with Gasteiger partial charge in [0.2, 0.25) is 6.86 Å². The van der Waals surface area contributed by atoms with Gasteiger partial charge in [-0.05, 0) is 17.5 Å². The van der Waals surface area contributed by atoms with Crippen LogP contribution in [0.4, 0.5) is 13.2 Å². The van der Waals surface area contributed by atoms with E-state index in [-0.39, 0.29) is 12.4 Å². The Balaban J connectivity index is 2.02. The standard InChI is InChI=1S/C17H17F3O2/c1-2-3-12-4-6-13(7-5-12)10-21-14-8-15(19)17(22-11-18)16(20)9-14/h4-9H,2-3,10-11H2,1H3. The molecular formula is C17H17F3O2. The SMILES string of the molecule is CCCc1ccc(COc2cc(F)c(OCF)c(F)c2)cc1. The average Bonchev–Trinajstić information content (AvgIpc) is 2.50. The van der Waals surface area contributed by atoms with E-state index in [2.05, 4.69) is 11.7 Å². The van der Waals surface area contributed by atoms with Crippen LogP contribution in [-0.4, -0.2) is 6.86 Å². The highest BCUT2D eigenvalue weighted by molar-refractivity contribution is 5.35. The summed E-state index contributed by atoms with van der Waals surface area (Å²) in [5.41, 5.74) is 2.13. The predicted molar refractivity (Wildman–Crippen MR) is 77.7 cm³/mol. The number of hydrogen-bond donors (Lipinski definition) is 0. The first-order valence-corrected chi connectivity index (χ1v) is 7.02. The molecule has 0 atom stereocenters. The number of ether oxygens (including phenoxy) is 2. The third-order valence-corrected chi connectivity index (χ3v) is 3.14. The molecule has 22 heavy (non-hydrogen) atoms. The van der Waals surface area contributed by atoms with E-state index in [0.29, 0.717) is 0 Å². The molecule has 118 valence electrons. The maximum atomic E-state index is 13.5. The molecule has 0 aliphatic heterocycles. The Morgan fingerprint density at radius 3 is 2.05 bits per heavy atom. The van der Waals surface area contributed by atoms with E-state index in [1.807, 2.05) is 24.3 Å². The Hall–Kier alpha value is -2.17. The van der Waals surface area contributed by atoms with Gasteiger partial charge in [0.15, 0.2) is 17.4 Å². The number of halogens is 3. The van der Waals surface area contributed by atoms with Crippen molar-refractivity contribution in [3.8, 4) is 11.5 Å². The number of hydrogen-bond acceptors (Lipinski definition) is 2. The van der Waals surface area contributed by atoms with E-state index in [4.69, 9.17) is 4.74 Å². The molecule has 5 heteroatoms. The van der Waals surface area contributed by atoms with Gasteiger partial charge in [-0.1, -0.05) is 37.6 Å². The van der Waals surface area contributed by atoms with Gasteiger partial charge < -0.3 is 9.47 Å². The zero-order valence-electron chi connectivity index (χ0n) is 12.2. The quantitative estimate of drug-likeness (QED) is 0.731. The summed E-state index contributed by atoms with van der Waals surface area (Å²) < 4.78 is 48.7. The van der Waals surface area contributed by atoms with E-state index < -0.39 is 24.2 Å². The van der Waals surface area contributed by atoms with Gasteiger partial charge in [0.25, 0.3) is 0 Å². The van der Waals surface area contributed by atoms with Crippen molar-refractivity contribution < 1.29 is 22.6 Å². The summed E-state index contributed by atoms with van der Waals surface area (Å²) in [5, 5.41) is 0. The van der Waals surface area contributed by atoms with Crippen LogP contribution in [0.5, 0.6) is 11.5 Å². The van der Waals surface area contributed by atoms with Gasteiger partial charge in [-0.15, -0.1) is 0 Å². The molecule has 0 aromatic heterocycles. The lowest BCUT2D eigenvalue weighted by Crippen LogP contribution is -2.00. The first kappa shape index (κ1) is 16.2. The van der Waals surface area contributed by atoms with Crippen LogP contribution in [0.3, 0.4) is 0 Å².